The van der Waals surface area contributed by atoms with Crippen molar-refractivity contribution < 1.29 is 0 Å². The van der Waals surface area contributed by atoms with Crippen LogP contribution in [0.15, 0.2) is 12.2 Å². The molecule has 0 heterocycles. The molecule has 0 aromatic carbocycles. The van der Waals surface area contributed by atoms with Gasteiger partial charge in [-0.15, -0.1) is 0 Å². The highest BCUT2D eigenvalue weighted by Gasteiger charge is 2.42. The minimum absolute atomic E-state index is 0.322. The Balaban J connectivity index is 2.27. The monoisotopic (exact) mass is 148 g/mol. The van der Waals surface area contributed by atoms with E-state index in [4.69, 9.17) is 10.8 Å². The number of rotatable bonds is 2. The van der Waals surface area contributed by atoms with Gasteiger partial charge in [0.15, 0.2) is 0 Å². The van der Waals surface area contributed by atoms with Gasteiger partial charge in [0.1, 0.15) is 0 Å². The molecule has 0 aliphatic heterocycles. The van der Waals surface area contributed by atoms with Crippen molar-refractivity contribution in [2.45, 2.75) is 6.42 Å². The van der Waals surface area contributed by atoms with Gasteiger partial charge in [0.25, 0.3) is 0 Å². The zero-order chi connectivity index (χ0) is 7.84. The SMILES string of the molecule is N=CC1C2C=CC(C2)C1C=N. The second-order valence-electron chi connectivity index (χ2n) is 3.44. The van der Waals surface area contributed by atoms with E-state index in [1.165, 1.54) is 18.9 Å². The summed E-state index contributed by atoms with van der Waals surface area (Å²) < 4.78 is 0. The molecule has 2 bridgehead atoms. The van der Waals surface area contributed by atoms with E-state index in [0.717, 1.165) is 0 Å². The van der Waals surface area contributed by atoms with Crippen molar-refractivity contribution in [1.82, 2.24) is 0 Å². The lowest BCUT2D eigenvalue weighted by Gasteiger charge is -2.19. The number of hydrogen-bond acceptors (Lipinski definition) is 2. The standard InChI is InChI=1S/C9H12N2/c10-4-8-6-1-2-7(3-6)9(8)5-11/h1-2,4-11H,3H2. The van der Waals surface area contributed by atoms with Crippen molar-refractivity contribution in [2.24, 2.45) is 23.7 Å². The molecule has 4 unspecified atom stereocenters. The van der Waals surface area contributed by atoms with E-state index in [1.54, 1.807) is 0 Å². The molecule has 0 saturated heterocycles. The second kappa shape index (κ2) is 2.29. The fourth-order valence-corrected chi connectivity index (χ4v) is 2.37. The number of allylic oxidation sites excluding steroid dienone is 2. The lowest BCUT2D eigenvalue weighted by Crippen LogP contribution is -2.21. The Bertz CT molecular complexity index is 198. The number of hydrogen-bond donors (Lipinski definition) is 2. The zero-order valence-corrected chi connectivity index (χ0v) is 6.33. The van der Waals surface area contributed by atoms with Gasteiger partial charge in [-0.25, -0.2) is 0 Å². The normalized spacial score (nSPS) is 46.2. The lowest BCUT2D eigenvalue weighted by molar-refractivity contribution is 0.515. The summed E-state index contributed by atoms with van der Waals surface area (Å²) >= 11 is 0. The van der Waals surface area contributed by atoms with Crippen LogP contribution in [0.2, 0.25) is 0 Å². The Kier molecular flexibility index (Phi) is 1.41. The van der Waals surface area contributed by atoms with Crippen LogP contribution in [0.4, 0.5) is 0 Å². The molecule has 2 aliphatic carbocycles. The van der Waals surface area contributed by atoms with Crippen LogP contribution in [0.3, 0.4) is 0 Å². The van der Waals surface area contributed by atoms with Gasteiger partial charge < -0.3 is 10.8 Å². The van der Waals surface area contributed by atoms with Gasteiger partial charge in [-0.2, -0.15) is 0 Å². The Morgan fingerprint density at radius 3 is 1.82 bits per heavy atom. The quantitative estimate of drug-likeness (QED) is 0.442. The smallest absolute Gasteiger partial charge is 0.00814 e. The van der Waals surface area contributed by atoms with Gasteiger partial charge in [0, 0.05) is 11.8 Å². The van der Waals surface area contributed by atoms with E-state index in [0.29, 0.717) is 23.7 Å². The topological polar surface area (TPSA) is 47.7 Å². The predicted molar refractivity (Wildman–Crippen MR) is 45.3 cm³/mol. The molecule has 0 aromatic heterocycles. The average molecular weight is 148 g/mol. The van der Waals surface area contributed by atoms with Crippen LogP contribution >= 0.6 is 0 Å². The predicted octanol–water partition coefficient (Wildman–Crippen LogP) is 1.72. The number of nitrogens with one attached hydrogen (secondary N) is 2. The van der Waals surface area contributed by atoms with Gasteiger partial charge in [0.2, 0.25) is 0 Å². The van der Waals surface area contributed by atoms with E-state index in [2.05, 4.69) is 12.2 Å². The Labute approximate surface area is 66.3 Å². The van der Waals surface area contributed by atoms with Crippen molar-refractivity contribution >= 4 is 12.4 Å². The van der Waals surface area contributed by atoms with Gasteiger partial charge >= 0.3 is 0 Å². The summed E-state index contributed by atoms with van der Waals surface area (Å²) in [7, 11) is 0. The average Bonchev–Trinajstić information content (AvgIpc) is 2.60. The van der Waals surface area contributed by atoms with Crippen LogP contribution in [0, 0.1) is 34.5 Å². The van der Waals surface area contributed by atoms with E-state index in [9.17, 15) is 0 Å². The van der Waals surface area contributed by atoms with Crippen molar-refractivity contribution in [3.8, 4) is 0 Å². The molecule has 1 fully saturated rings. The molecule has 0 spiro atoms. The molecule has 2 nitrogen and oxygen atoms in total. The summed E-state index contributed by atoms with van der Waals surface area (Å²) in [5.74, 6) is 1.76. The minimum Gasteiger partial charge on any atom is -0.313 e. The van der Waals surface area contributed by atoms with Crippen LogP contribution in [0.1, 0.15) is 6.42 Å². The third-order valence-electron chi connectivity index (χ3n) is 2.97. The van der Waals surface area contributed by atoms with Crippen LogP contribution in [-0.4, -0.2) is 12.4 Å². The van der Waals surface area contributed by atoms with E-state index in [1.807, 2.05) is 0 Å². The maximum atomic E-state index is 7.23. The van der Waals surface area contributed by atoms with Gasteiger partial charge in [-0.3, -0.25) is 0 Å². The highest BCUT2D eigenvalue weighted by molar-refractivity contribution is 5.71. The molecular formula is C9H12N2. The summed E-state index contributed by atoms with van der Waals surface area (Å²) in [5, 5.41) is 14.5. The molecule has 0 radical (unpaired) electrons. The maximum Gasteiger partial charge on any atom is 0.00814 e. The van der Waals surface area contributed by atoms with Crippen molar-refractivity contribution in [2.75, 3.05) is 0 Å². The fourth-order valence-electron chi connectivity index (χ4n) is 2.37. The molecular weight excluding hydrogens is 136 g/mol. The highest BCUT2D eigenvalue weighted by Crippen LogP contribution is 2.45. The molecule has 4 atom stereocenters. The van der Waals surface area contributed by atoms with E-state index in [-0.39, 0.29) is 0 Å². The molecule has 2 N–H and O–H groups in total. The van der Waals surface area contributed by atoms with Gasteiger partial charge in [-0.05, 0) is 30.7 Å². The third-order valence-corrected chi connectivity index (χ3v) is 2.97. The minimum atomic E-state index is 0.322. The van der Waals surface area contributed by atoms with Gasteiger partial charge in [0.05, 0.1) is 0 Å². The summed E-state index contributed by atoms with van der Waals surface area (Å²) in [6.07, 6.45) is 8.62. The summed E-state index contributed by atoms with van der Waals surface area (Å²) in [4.78, 5) is 0. The Morgan fingerprint density at radius 1 is 1.00 bits per heavy atom. The highest BCUT2D eigenvalue weighted by atomic mass is 14.5. The summed E-state index contributed by atoms with van der Waals surface area (Å²) in [6.45, 7) is 0. The molecule has 0 amide bonds. The molecule has 11 heavy (non-hydrogen) atoms. The molecule has 1 saturated carbocycles. The molecule has 2 aliphatic rings. The van der Waals surface area contributed by atoms with Crippen LogP contribution < -0.4 is 0 Å². The first-order chi connectivity index (χ1) is 5.36. The summed E-state index contributed by atoms with van der Waals surface area (Å²) in [6, 6.07) is 0. The van der Waals surface area contributed by atoms with Crippen molar-refractivity contribution in [3.63, 3.8) is 0 Å². The number of fused-ring (bicyclic) bond motifs is 2. The van der Waals surface area contributed by atoms with Crippen LogP contribution in [-0.2, 0) is 0 Å². The van der Waals surface area contributed by atoms with Crippen LogP contribution in [0.25, 0.3) is 0 Å². The Hall–Kier alpha value is -0.920. The molecule has 58 valence electrons. The molecule has 0 aromatic rings. The first-order valence-corrected chi connectivity index (χ1v) is 4.06. The van der Waals surface area contributed by atoms with E-state index < -0.39 is 0 Å². The molecule has 2 rings (SSSR count). The molecule has 2 heteroatoms. The van der Waals surface area contributed by atoms with Crippen LogP contribution in [0.5, 0.6) is 0 Å². The zero-order valence-electron chi connectivity index (χ0n) is 6.33. The Morgan fingerprint density at radius 2 is 1.45 bits per heavy atom. The van der Waals surface area contributed by atoms with Crippen molar-refractivity contribution in [3.05, 3.63) is 12.2 Å². The first kappa shape index (κ1) is 6.77. The largest absolute Gasteiger partial charge is 0.313 e. The second-order valence-corrected chi connectivity index (χ2v) is 3.44. The third kappa shape index (κ3) is 0.785. The fraction of sp³-hybridized carbons (Fsp3) is 0.556. The van der Waals surface area contributed by atoms with Crippen molar-refractivity contribution in [1.29, 1.82) is 10.8 Å². The first-order valence-electron chi connectivity index (χ1n) is 4.06. The van der Waals surface area contributed by atoms with Gasteiger partial charge in [-0.1, -0.05) is 12.2 Å². The van der Waals surface area contributed by atoms with E-state index >= 15 is 0 Å². The maximum absolute atomic E-state index is 7.23. The lowest BCUT2D eigenvalue weighted by atomic mass is 9.85. The summed E-state index contributed by atoms with van der Waals surface area (Å²) in [5.41, 5.74) is 0.